The SMILES string of the molecule is [2H]C([2H])(c1cc(-c2cccc3c4ccccc4c4ccccc4c4cccc5c4n(c23)[CH-]N5c2[c-]c(Oc3[c-]c4c(cc3)c3ccccc3n4-c3cc(C(C)(C)C)ccn3)cc([N+]#[C-])c2)cc(C(C)(C)C)c1)C(C)(C)C.[Pt]. The minimum atomic E-state index is -1.64. The Balaban J connectivity index is 0.00000631. The maximum absolute atomic E-state index is 9.59. The number of benzene rings is 8. The fourth-order valence-corrected chi connectivity index (χ4v) is 10.7. The summed E-state index contributed by atoms with van der Waals surface area (Å²) in [6.45, 7) is 29.6. The molecule has 0 atom stereocenters. The molecule has 0 unspecified atom stereocenters. The van der Waals surface area contributed by atoms with Crippen molar-refractivity contribution in [2.45, 2.75) is 79.5 Å². The van der Waals surface area contributed by atoms with Gasteiger partial charge in [0.15, 0.2) is 0 Å². The summed E-state index contributed by atoms with van der Waals surface area (Å²) in [6.07, 6.45) is 0.230. The fourth-order valence-electron chi connectivity index (χ4n) is 10.7. The molecule has 1 aliphatic heterocycles. The van der Waals surface area contributed by atoms with Gasteiger partial charge in [-0.3, -0.25) is 4.85 Å². The number of hydrogen-bond acceptors (Lipinski definition) is 3. The summed E-state index contributed by atoms with van der Waals surface area (Å²) < 4.78 is 30.4. The van der Waals surface area contributed by atoms with E-state index in [4.69, 9.17) is 16.3 Å². The van der Waals surface area contributed by atoms with Gasteiger partial charge in [0.25, 0.3) is 0 Å². The van der Waals surface area contributed by atoms with Crippen LogP contribution in [0.1, 0.15) is 81.7 Å². The number of rotatable bonds is 6. The Labute approximate surface area is 457 Å². The van der Waals surface area contributed by atoms with E-state index in [9.17, 15) is 2.74 Å². The molecule has 6 nitrogen and oxygen atoms in total. The topological polar surface area (TPSA) is 39.6 Å². The second kappa shape index (κ2) is 18.5. The Morgan fingerprint density at radius 2 is 1.23 bits per heavy atom. The first-order valence-electron chi connectivity index (χ1n) is 26.4. The number of para-hydroxylation sites is 3. The molecule has 0 bridgehead atoms. The summed E-state index contributed by atoms with van der Waals surface area (Å²) in [5, 5.41) is 8.56. The summed E-state index contributed by atoms with van der Waals surface area (Å²) >= 11 is 0. The zero-order valence-corrected chi connectivity index (χ0v) is 46.0. The van der Waals surface area contributed by atoms with Crippen LogP contribution in [0.25, 0.3) is 86.9 Å². The van der Waals surface area contributed by atoms with Gasteiger partial charge >= 0.3 is 0 Å². The maximum Gasteiger partial charge on any atom is 0.135 e. The molecular formula is C68H58N5OPt-3. The van der Waals surface area contributed by atoms with Crippen molar-refractivity contribution in [2.24, 2.45) is 5.41 Å². The van der Waals surface area contributed by atoms with Gasteiger partial charge < -0.3 is 18.8 Å². The van der Waals surface area contributed by atoms with Crippen LogP contribution in [0, 0.1) is 30.8 Å². The first kappa shape index (κ1) is 46.9. The second-order valence-corrected chi connectivity index (χ2v) is 22.6. The normalized spacial score (nSPS) is 13.2. The third-order valence-corrected chi connectivity index (χ3v) is 14.2. The molecule has 0 amide bonds. The minimum Gasteiger partial charge on any atom is -0.510 e. The Hall–Kier alpha value is -7.84. The smallest absolute Gasteiger partial charge is 0.135 e. The van der Waals surface area contributed by atoms with Crippen molar-refractivity contribution in [3.63, 3.8) is 0 Å². The van der Waals surface area contributed by atoms with Gasteiger partial charge in [0.1, 0.15) is 5.82 Å². The predicted octanol–water partition coefficient (Wildman–Crippen LogP) is 18.6. The fraction of sp³-hybridized carbons (Fsp3) is 0.191. The van der Waals surface area contributed by atoms with Gasteiger partial charge in [0.05, 0.1) is 12.3 Å². The molecule has 0 radical (unpaired) electrons. The zero-order chi connectivity index (χ0) is 53.1. The van der Waals surface area contributed by atoms with Crippen molar-refractivity contribution in [1.29, 1.82) is 0 Å². The molecule has 0 spiro atoms. The average molecular weight is 1160 g/mol. The molecule has 0 fully saturated rings. The predicted molar refractivity (Wildman–Crippen MR) is 309 cm³/mol. The number of anilines is 2. The molecule has 0 aliphatic carbocycles. The third kappa shape index (κ3) is 8.88. The van der Waals surface area contributed by atoms with Crippen LogP contribution in [0.15, 0.2) is 170 Å². The molecular weight excluding hydrogens is 1100 g/mol. The number of fused-ring (bicyclic) bond motifs is 10. The number of nitrogens with zero attached hydrogens (tertiary/aromatic N) is 5. The van der Waals surface area contributed by atoms with Crippen molar-refractivity contribution in [3.8, 4) is 28.4 Å². The van der Waals surface area contributed by atoms with Gasteiger partial charge in [-0.2, -0.15) is 6.07 Å². The average Bonchev–Trinajstić information content (AvgIpc) is 4.21. The summed E-state index contributed by atoms with van der Waals surface area (Å²) in [6, 6.07) is 64.0. The van der Waals surface area contributed by atoms with Gasteiger partial charge in [-0.25, -0.2) is 4.98 Å². The molecule has 1 aliphatic rings. The van der Waals surface area contributed by atoms with E-state index in [1.807, 2.05) is 45.2 Å². The third-order valence-electron chi connectivity index (χ3n) is 14.2. The number of hydrogen-bond donors (Lipinski definition) is 0. The van der Waals surface area contributed by atoms with Crippen molar-refractivity contribution >= 4 is 82.2 Å². The van der Waals surface area contributed by atoms with E-state index in [1.54, 1.807) is 6.07 Å². The van der Waals surface area contributed by atoms with Crippen LogP contribution in [-0.4, -0.2) is 14.1 Å². The number of aromatic nitrogens is 3. The van der Waals surface area contributed by atoms with E-state index in [0.717, 1.165) is 93.4 Å². The Morgan fingerprint density at radius 3 is 1.89 bits per heavy atom. The van der Waals surface area contributed by atoms with Crippen molar-refractivity contribution in [2.75, 3.05) is 4.90 Å². The molecule has 7 heteroatoms. The molecule has 8 aromatic carbocycles. The van der Waals surface area contributed by atoms with E-state index < -0.39 is 11.8 Å². The van der Waals surface area contributed by atoms with E-state index >= 15 is 0 Å². The molecule has 374 valence electrons. The van der Waals surface area contributed by atoms with E-state index in [0.29, 0.717) is 28.4 Å². The molecule has 0 saturated heterocycles. The summed E-state index contributed by atoms with van der Waals surface area (Å²) in [4.78, 5) is 11.0. The largest absolute Gasteiger partial charge is 0.510 e. The molecule has 0 saturated carbocycles. The molecule has 0 N–H and O–H groups in total. The zero-order valence-electron chi connectivity index (χ0n) is 45.7. The van der Waals surface area contributed by atoms with Gasteiger partial charge in [-0.1, -0.05) is 189 Å². The first-order valence-corrected chi connectivity index (χ1v) is 25.4. The molecule has 75 heavy (non-hydrogen) atoms. The quantitative estimate of drug-likeness (QED) is 0.156. The monoisotopic (exact) mass is 1160 g/mol. The first-order chi connectivity index (χ1) is 36.3. The second-order valence-electron chi connectivity index (χ2n) is 22.6. The molecule has 3 aromatic heterocycles. The van der Waals surface area contributed by atoms with Gasteiger partial charge in [0, 0.05) is 52.7 Å². The number of pyridine rings is 1. The van der Waals surface area contributed by atoms with E-state index in [1.165, 1.54) is 5.56 Å². The Bertz CT molecular complexity index is 4310. The molecule has 12 rings (SSSR count). The van der Waals surface area contributed by atoms with Crippen LogP contribution >= 0.6 is 0 Å². The van der Waals surface area contributed by atoms with Crippen molar-refractivity contribution in [3.05, 3.63) is 217 Å². The Morgan fingerprint density at radius 1 is 0.600 bits per heavy atom. The van der Waals surface area contributed by atoms with Gasteiger partial charge in [-0.05, 0) is 130 Å². The van der Waals surface area contributed by atoms with Crippen LogP contribution in [0.2, 0.25) is 0 Å². The van der Waals surface area contributed by atoms with E-state index in [-0.39, 0.29) is 31.9 Å². The van der Waals surface area contributed by atoms with Gasteiger partial charge in [-0.15, -0.1) is 35.7 Å². The van der Waals surface area contributed by atoms with Crippen LogP contribution in [0.4, 0.5) is 17.1 Å². The maximum atomic E-state index is 9.59. The standard InChI is InChI=1S/C68H58N5O.Pt/c1-66(2,3)41-43-33-44(35-46(34-43)68(7,8)9)51-24-17-25-58-54-21-13-11-19-52(54)53-20-12-14-22-55(53)59-26-18-28-61-65(59)72(64(51)58)42-71(61)48-37-47(69-10)38-50(39-48)74-49-29-30-57-56-23-15-16-27-60(56)73(62(57)40-49)63-36-45(31-32-70-63)67(4,5)6;/h11-38,42H,41H2,1-9H3;/q-3;/i41D2;. The summed E-state index contributed by atoms with van der Waals surface area (Å²) in [5.74, 6) is 1.65. The molecule has 11 aromatic rings. The number of ether oxygens (including phenoxy) is 1. The van der Waals surface area contributed by atoms with Crippen LogP contribution in [-0.2, 0) is 38.3 Å². The van der Waals surface area contributed by atoms with Crippen molar-refractivity contribution < 1.29 is 28.5 Å². The van der Waals surface area contributed by atoms with Crippen LogP contribution in [0.5, 0.6) is 11.5 Å². The van der Waals surface area contributed by atoms with E-state index in [2.05, 4.69) is 219 Å². The Kier molecular flexibility index (Phi) is 11.6. The van der Waals surface area contributed by atoms with Crippen LogP contribution < -0.4 is 9.64 Å². The minimum absolute atomic E-state index is 0. The van der Waals surface area contributed by atoms with Crippen molar-refractivity contribution in [1.82, 2.24) is 14.1 Å². The van der Waals surface area contributed by atoms with Gasteiger partial charge in [0.2, 0.25) is 0 Å². The summed E-state index contributed by atoms with van der Waals surface area (Å²) in [5.41, 5.74) is 9.42. The summed E-state index contributed by atoms with van der Waals surface area (Å²) in [7, 11) is 0. The van der Waals surface area contributed by atoms with Crippen LogP contribution in [0.3, 0.4) is 0 Å². The molecule has 4 heterocycles.